The number of aliphatic carboxylic acids is 3. The van der Waals surface area contributed by atoms with Gasteiger partial charge in [-0.05, 0) is 25.7 Å². The minimum absolute atomic E-state index is 0.0438. The Hall–Kier alpha value is -4.68. The van der Waals surface area contributed by atoms with Crippen LogP contribution in [0.25, 0.3) is 0 Å². The average molecular weight is 561 g/mol. The zero-order valence-electron chi connectivity index (χ0n) is 21.0. The van der Waals surface area contributed by atoms with Crippen molar-refractivity contribution in [2.75, 3.05) is 13.1 Å². The van der Waals surface area contributed by atoms with E-state index in [1.807, 2.05) is 5.32 Å². The van der Waals surface area contributed by atoms with E-state index in [0.717, 1.165) is 0 Å². The molecule has 0 aliphatic heterocycles. The Labute approximate surface area is 222 Å². The molecular weight excluding hydrogens is 524 g/mol. The summed E-state index contributed by atoms with van der Waals surface area (Å²) in [5.74, 6) is -7.85. The predicted molar refractivity (Wildman–Crippen MR) is 136 cm³/mol. The summed E-state index contributed by atoms with van der Waals surface area (Å²) in [7, 11) is 0. The molecule has 16 N–H and O–H groups in total. The lowest BCUT2D eigenvalue weighted by Gasteiger charge is -2.24. The Bertz CT molecular complexity index is 948. The van der Waals surface area contributed by atoms with Crippen LogP contribution in [0.4, 0.5) is 0 Å². The molecule has 0 spiro atoms. The highest BCUT2D eigenvalue weighted by Gasteiger charge is 2.31. The number of guanidine groups is 2. The van der Waals surface area contributed by atoms with Crippen LogP contribution in [0.2, 0.25) is 0 Å². The molecule has 19 nitrogen and oxygen atoms in total. The van der Waals surface area contributed by atoms with Crippen LogP contribution in [0.3, 0.4) is 0 Å². The normalized spacial score (nSPS) is 13.5. The summed E-state index contributed by atoms with van der Waals surface area (Å²) in [4.78, 5) is 79.1. The Morgan fingerprint density at radius 2 is 1.03 bits per heavy atom. The summed E-state index contributed by atoms with van der Waals surface area (Å²) >= 11 is 0. The second-order valence-electron chi connectivity index (χ2n) is 8.22. The van der Waals surface area contributed by atoms with Gasteiger partial charge in [-0.3, -0.25) is 34.0 Å². The molecule has 220 valence electrons. The van der Waals surface area contributed by atoms with Gasteiger partial charge in [-0.2, -0.15) is 0 Å². The molecule has 0 radical (unpaired) electrons. The lowest BCUT2D eigenvalue weighted by atomic mass is 10.1. The number of amides is 3. The van der Waals surface area contributed by atoms with Gasteiger partial charge in [-0.25, -0.2) is 4.79 Å². The van der Waals surface area contributed by atoms with Gasteiger partial charge in [0, 0.05) is 13.1 Å². The quantitative estimate of drug-likeness (QED) is 0.0400. The summed E-state index contributed by atoms with van der Waals surface area (Å²) < 4.78 is 0. The topological polar surface area (TPSA) is 354 Å². The number of rotatable bonds is 19. The first-order valence-electron chi connectivity index (χ1n) is 11.6. The summed E-state index contributed by atoms with van der Waals surface area (Å²) in [6.07, 6.45) is -1.56. The SMILES string of the molecule is NC(N)=NCCCC(NC(=O)C(CCCN=C(N)N)NC(=O)C(CC(=O)O)NC(=O)C(N)CC(=O)O)C(=O)O. The van der Waals surface area contributed by atoms with Crippen molar-refractivity contribution in [1.82, 2.24) is 16.0 Å². The molecule has 0 aliphatic rings. The number of nitrogens with one attached hydrogen (secondary N) is 3. The fourth-order valence-corrected chi connectivity index (χ4v) is 3.02. The molecule has 4 unspecified atom stereocenters. The van der Waals surface area contributed by atoms with Crippen molar-refractivity contribution in [1.29, 1.82) is 0 Å². The molecule has 3 amide bonds. The van der Waals surface area contributed by atoms with Crippen LogP contribution in [0.15, 0.2) is 9.98 Å². The molecule has 0 aromatic carbocycles. The van der Waals surface area contributed by atoms with E-state index < -0.39 is 72.6 Å². The number of nitrogens with two attached hydrogens (primary N) is 5. The third kappa shape index (κ3) is 15.9. The van der Waals surface area contributed by atoms with Crippen LogP contribution in [-0.2, 0) is 28.8 Å². The zero-order valence-corrected chi connectivity index (χ0v) is 21.0. The van der Waals surface area contributed by atoms with E-state index in [1.165, 1.54) is 0 Å². The van der Waals surface area contributed by atoms with E-state index >= 15 is 0 Å². The fraction of sp³-hybridized carbons (Fsp3) is 0.600. The van der Waals surface area contributed by atoms with Gasteiger partial charge in [-0.15, -0.1) is 0 Å². The molecule has 0 fully saturated rings. The average Bonchev–Trinajstić information content (AvgIpc) is 2.80. The minimum atomic E-state index is -1.74. The molecule has 0 heterocycles. The summed E-state index contributed by atoms with van der Waals surface area (Å²) in [6, 6.07) is -6.10. The van der Waals surface area contributed by atoms with Gasteiger partial charge < -0.3 is 59.9 Å². The molecule has 0 saturated heterocycles. The van der Waals surface area contributed by atoms with Gasteiger partial charge in [-0.1, -0.05) is 0 Å². The molecule has 19 heteroatoms. The second-order valence-corrected chi connectivity index (χ2v) is 8.22. The first-order valence-corrected chi connectivity index (χ1v) is 11.6. The molecule has 0 bridgehead atoms. The van der Waals surface area contributed by atoms with Crippen molar-refractivity contribution in [3.05, 3.63) is 0 Å². The number of hydrogen-bond acceptors (Lipinski definition) is 9. The third-order valence-electron chi connectivity index (χ3n) is 4.88. The molecule has 0 rings (SSSR count). The molecule has 0 aromatic heterocycles. The number of hydrogen-bond donors (Lipinski definition) is 11. The van der Waals surface area contributed by atoms with Crippen molar-refractivity contribution in [2.45, 2.75) is 62.7 Å². The van der Waals surface area contributed by atoms with Crippen molar-refractivity contribution in [3.63, 3.8) is 0 Å². The number of carboxylic acid groups (broad SMARTS) is 3. The smallest absolute Gasteiger partial charge is 0.326 e. The van der Waals surface area contributed by atoms with E-state index in [4.69, 9.17) is 38.9 Å². The van der Waals surface area contributed by atoms with Gasteiger partial charge in [0.2, 0.25) is 17.7 Å². The van der Waals surface area contributed by atoms with Gasteiger partial charge in [0.25, 0.3) is 0 Å². The zero-order chi connectivity index (χ0) is 30.1. The molecule has 0 saturated carbocycles. The van der Waals surface area contributed by atoms with Crippen LogP contribution in [0, 0.1) is 0 Å². The monoisotopic (exact) mass is 560 g/mol. The number of aliphatic imine (C=N–C) groups is 2. The highest BCUT2D eigenvalue weighted by molar-refractivity contribution is 5.96. The van der Waals surface area contributed by atoms with Crippen molar-refractivity contribution in [2.24, 2.45) is 38.7 Å². The maximum absolute atomic E-state index is 12.9. The third-order valence-corrected chi connectivity index (χ3v) is 4.88. The molecule has 4 atom stereocenters. The van der Waals surface area contributed by atoms with Gasteiger partial charge in [0.15, 0.2) is 11.9 Å². The Kier molecular flexibility index (Phi) is 15.6. The number of carboxylic acids is 3. The molecule has 39 heavy (non-hydrogen) atoms. The maximum atomic E-state index is 12.9. The molecule has 0 aromatic rings. The van der Waals surface area contributed by atoms with Crippen molar-refractivity contribution >= 4 is 47.5 Å². The fourth-order valence-electron chi connectivity index (χ4n) is 3.02. The largest absolute Gasteiger partial charge is 0.481 e. The van der Waals surface area contributed by atoms with Crippen LogP contribution in [0.5, 0.6) is 0 Å². The van der Waals surface area contributed by atoms with Crippen LogP contribution < -0.4 is 44.6 Å². The van der Waals surface area contributed by atoms with Crippen LogP contribution >= 0.6 is 0 Å². The summed E-state index contributed by atoms with van der Waals surface area (Å²) in [6.45, 7) is 0.142. The first kappa shape index (κ1) is 34.3. The van der Waals surface area contributed by atoms with Crippen LogP contribution in [-0.4, -0.2) is 100 Å². The lowest BCUT2D eigenvalue weighted by Crippen LogP contribution is -2.57. The van der Waals surface area contributed by atoms with E-state index in [0.29, 0.717) is 0 Å². The van der Waals surface area contributed by atoms with Gasteiger partial charge in [0.1, 0.15) is 18.1 Å². The van der Waals surface area contributed by atoms with E-state index in [2.05, 4.69) is 20.6 Å². The maximum Gasteiger partial charge on any atom is 0.326 e. The van der Waals surface area contributed by atoms with E-state index in [9.17, 15) is 33.9 Å². The summed E-state index contributed by atoms with van der Waals surface area (Å²) in [5.41, 5.74) is 26.4. The van der Waals surface area contributed by atoms with E-state index in [-0.39, 0.29) is 50.7 Å². The highest BCUT2D eigenvalue weighted by Crippen LogP contribution is 2.05. The van der Waals surface area contributed by atoms with Crippen molar-refractivity contribution in [3.8, 4) is 0 Å². The van der Waals surface area contributed by atoms with Gasteiger partial charge in [0.05, 0.1) is 18.9 Å². The first-order chi connectivity index (χ1) is 18.1. The Morgan fingerprint density at radius 1 is 0.615 bits per heavy atom. The summed E-state index contributed by atoms with van der Waals surface area (Å²) in [5, 5.41) is 34.0. The second kappa shape index (κ2) is 17.7. The number of carbonyl (C=O) groups is 6. The standard InChI is InChI=1S/C20H36N10O9/c21-9(7-13(31)32)15(35)30-12(8-14(33)34)17(37)28-10(3-1-5-26-19(22)23)16(36)29-11(18(38)39)4-2-6-27-20(24)25/h9-12H,1-8,21H2,(H,28,37)(H,29,36)(H,30,35)(H,31,32)(H,33,34)(H,38,39)(H4,22,23,26)(H4,24,25,27). The number of nitrogens with zero attached hydrogens (tertiary/aromatic N) is 2. The lowest BCUT2D eigenvalue weighted by molar-refractivity contribution is -0.143. The predicted octanol–water partition coefficient (Wildman–Crippen LogP) is -5.09. The highest BCUT2D eigenvalue weighted by atomic mass is 16.4. The molecule has 0 aliphatic carbocycles. The number of carbonyl (C=O) groups excluding carboxylic acids is 3. The molecular formula is C20H36N10O9. The van der Waals surface area contributed by atoms with E-state index in [1.54, 1.807) is 0 Å². The van der Waals surface area contributed by atoms with Crippen molar-refractivity contribution < 1.29 is 44.1 Å². The Morgan fingerprint density at radius 3 is 1.46 bits per heavy atom. The minimum Gasteiger partial charge on any atom is -0.481 e. The van der Waals surface area contributed by atoms with Gasteiger partial charge >= 0.3 is 17.9 Å². The Balaban J connectivity index is 5.67. The van der Waals surface area contributed by atoms with Crippen LogP contribution in [0.1, 0.15) is 38.5 Å².